The average molecular weight is 609 g/mol. The van der Waals surface area contributed by atoms with E-state index in [1.54, 1.807) is 25.3 Å². The molecular formula is C33H37ClN2O7. The van der Waals surface area contributed by atoms with Crippen LogP contribution in [0.3, 0.4) is 0 Å². The van der Waals surface area contributed by atoms with E-state index in [4.69, 9.17) is 30.5 Å². The lowest BCUT2D eigenvalue weighted by molar-refractivity contribution is -0.0812. The summed E-state index contributed by atoms with van der Waals surface area (Å²) >= 11 is 6.02. The van der Waals surface area contributed by atoms with Crippen molar-refractivity contribution in [1.82, 2.24) is 4.90 Å². The summed E-state index contributed by atoms with van der Waals surface area (Å²) in [6, 6.07) is 12.7. The van der Waals surface area contributed by atoms with Crippen molar-refractivity contribution in [3.63, 3.8) is 0 Å². The zero-order chi connectivity index (χ0) is 30.4. The summed E-state index contributed by atoms with van der Waals surface area (Å²) in [6.07, 6.45) is 7.50. The smallest absolute Gasteiger partial charge is 0.442 e. The van der Waals surface area contributed by atoms with E-state index in [2.05, 4.69) is 16.0 Å². The first-order valence-corrected chi connectivity index (χ1v) is 15.1. The monoisotopic (exact) mass is 608 g/mol. The minimum absolute atomic E-state index is 0.0382. The van der Waals surface area contributed by atoms with Gasteiger partial charge in [-0.15, -0.1) is 0 Å². The van der Waals surface area contributed by atoms with Crippen LogP contribution in [0.2, 0.25) is 5.02 Å². The van der Waals surface area contributed by atoms with Gasteiger partial charge in [0.2, 0.25) is 12.2 Å². The van der Waals surface area contributed by atoms with E-state index in [0.717, 1.165) is 42.8 Å². The van der Waals surface area contributed by atoms with Crippen LogP contribution in [0.15, 0.2) is 71.4 Å². The molecule has 9 nitrogen and oxygen atoms in total. The molecule has 2 aromatic rings. The summed E-state index contributed by atoms with van der Waals surface area (Å²) in [7, 11) is 0. The Morgan fingerprint density at radius 1 is 1.19 bits per heavy atom. The van der Waals surface area contributed by atoms with Crippen molar-refractivity contribution in [2.75, 3.05) is 26.2 Å². The second-order valence-corrected chi connectivity index (χ2v) is 11.3. The predicted octanol–water partition coefficient (Wildman–Crippen LogP) is 6.18. The molecule has 5 rings (SSSR count). The van der Waals surface area contributed by atoms with E-state index in [-0.39, 0.29) is 12.5 Å². The van der Waals surface area contributed by atoms with Crippen LogP contribution in [0.1, 0.15) is 61.0 Å². The number of hydrogen-bond donors (Lipinski definition) is 1. The fraction of sp³-hybridized carbons (Fsp3) is 0.424. The number of rotatable bonds is 8. The Morgan fingerprint density at radius 2 is 1.95 bits per heavy atom. The van der Waals surface area contributed by atoms with Gasteiger partial charge in [-0.1, -0.05) is 35.9 Å². The Balaban J connectivity index is 1.18. The maximum atomic E-state index is 13.0. The number of benzene rings is 2. The molecular weight excluding hydrogens is 572 g/mol. The summed E-state index contributed by atoms with van der Waals surface area (Å²) in [4.78, 5) is 31.5. The lowest BCUT2D eigenvalue weighted by Crippen LogP contribution is -2.42. The molecule has 0 aromatic heterocycles. The molecule has 3 heterocycles. The first-order chi connectivity index (χ1) is 20.8. The van der Waals surface area contributed by atoms with Crippen LogP contribution in [-0.2, 0) is 26.2 Å². The maximum absolute atomic E-state index is 13.0. The molecule has 2 unspecified atom stereocenters. The molecule has 0 amide bonds. The number of fused-ring (bicyclic) bond motifs is 2. The third kappa shape index (κ3) is 7.47. The summed E-state index contributed by atoms with van der Waals surface area (Å²) < 4.78 is 21.3. The highest BCUT2D eigenvalue weighted by atomic mass is 35.5. The van der Waals surface area contributed by atoms with Crippen molar-refractivity contribution in [3.05, 3.63) is 88.1 Å². The number of halogens is 1. The van der Waals surface area contributed by atoms with Crippen LogP contribution in [-0.4, -0.2) is 60.6 Å². The van der Waals surface area contributed by atoms with E-state index >= 15 is 0 Å². The molecule has 1 fully saturated rings. The minimum atomic E-state index is -1.11. The number of esters is 1. The van der Waals surface area contributed by atoms with Gasteiger partial charge < -0.3 is 29.0 Å². The van der Waals surface area contributed by atoms with Crippen LogP contribution in [0, 0.1) is 5.92 Å². The van der Waals surface area contributed by atoms with Crippen LogP contribution >= 0.6 is 11.6 Å². The third-order valence-corrected chi connectivity index (χ3v) is 8.36. The lowest BCUT2D eigenvalue weighted by Gasteiger charge is -2.38. The first-order valence-electron chi connectivity index (χ1n) is 14.7. The number of carbonyl (C=O) groups is 2. The van der Waals surface area contributed by atoms with E-state index < -0.39 is 24.0 Å². The third-order valence-electron chi connectivity index (χ3n) is 8.11. The molecule has 0 bridgehead atoms. The zero-order valence-electron chi connectivity index (χ0n) is 24.5. The topological polar surface area (TPSA) is 107 Å². The number of allylic oxidation sites excluding steroid dienone is 1. The highest BCUT2D eigenvalue weighted by Gasteiger charge is 2.34. The maximum Gasteiger partial charge on any atom is 0.511 e. The van der Waals surface area contributed by atoms with E-state index in [0.29, 0.717) is 47.9 Å². The van der Waals surface area contributed by atoms with E-state index in [1.807, 2.05) is 36.4 Å². The Morgan fingerprint density at radius 3 is 2.70 bits per heavy atom. The fourth-order valence-electron chi connectivity index (χ4n) is 5.79. The van der Waals surface area contributed by atoms with Gasteiger partial charge in [0, 0.05) is 43.3 Å². The fourth-order valence-corrected chi connectivity index (χ4v) is 5.92. The summed E-state index contributed by atoms with van der Waals surface area (Å²) in [5, 5.41) is 11.9. The number of hydrogen-bond acceptors (Lipinski definition) is 9. The zero-order valence-corrected chi connectivity index (χ0v) is 25.2. The van der Waals surface area contributed by atoms with Crippen LogP contribution in [0.5, 0.6) is 5.75 Å². The molecule has 1 N–H and O–H groups in total. The van der Waals surface area contributed by atoms with Crippen LogP contribution in [0.25, 0.3) is 0 Å². The van der Waals surface area contributed by atoms with Gasteiger partial charge in [0.1, 0.15) is 5.75 Å². The van der Waals surface area contributed by atoms with Gasteiger partial charge in [0.05, 0.1) is 23.7 Å². The van der Waals surface area contributed by atoms with Gasteiger partial charge >= 0.3 is 12.1 Å². The number of carbonyl (C=O) groups excluding carboxylic acids is 2. The van der Waals surface area contributed by atoms with Gasteiger partial charge in [0.15, 0.2) is 0 Å². The van der Waals surface area contributed by atoms with Crippen molar-refractivity contribution >= 4 is 29.6 Å². The number of aliphatic hydroxyl groups is 1. The van der Waals surface area contributed by atoms with Crippen molar-refractivity contribution < 1.29 is 33.6 Å². The first kappa shape index (κ1) is 30.8. The second kappa shape index (κ2) is 13.8. The number of piperidine rings is 1. The Hall–Kier alpha value is -3.66. The quantitative estimate of drug-likeness (QED) is 0.280. The minimum Gasteiger partial charge on any atom is -0.442 e. The normalized spacial score (nSPS) is 21.0. The molecule has 228 valence electrons. The van der Waals surface area contributed by atoms with Gasteiger partial charge in [-0.05, 0) is 80.5 Å². The summed E-state index contributed by atoms with van der Waals surface area (Å²) in [5.41, 5.74) is 2.32. The number of ether oxygens (including phenoxy) is 4. The number of likely N-dealkylation sites (tertiary alicyclic amines) is 1. The van der Waals surface area contributed by atoms with Crippen LogP contribution in [0.4, 0.5) is 4.79 Å². The molecule has 1 saturated heterocycles. The SMILES string of the molecule is CCOC(=O)OC(C)OC(=O)c1cccc2c1CCC1C(=CCCN3CCC(O)(c4ccc(Cl)cc4)CC3)C=CN=C1O2. The number of aliphatic imine (C=N–C) groups is 1. The molecule has 10 heteroatoms. The van der Waals surface area contributed by atoms with Crippen molar-refractivity contribution in [2.45, 2.75) is 57.8 Å². The molecule has 0 radical (unpaired) electrons. The van der Waals surface area contributed by atoms with E-state index in [1.165, 1.54) is 6.92 Å². The van der Waals surface area contributed by atoms with Crippen molar-refractivity contribution in [2.24, 2.45) is 10.9 Å². The molecule has 3 aliphatic heterocycles. The van der Waals surface area contributed by atoms with Crippen molar-refractivity contribution in [3.8, 4) is 5.75 Å². The van der Waals surface area contributed by atoms with Crippen LogP contribution < -0.4 is 4.74 Å². The van der Waals surface area contributed by atoms with Crippen molar-refractivity contribution in [1.29, 1.82) is 0 Å². The summed E-state index contributed by atoms with van der Waals surface area (Å²) in [5.74, 6) is 0.514. The van der Waals surface area contributed by atoms with E-state index in [9.17, 15) is 14.7 Å². The second-order valence-electron chi connectivity index (χ2n) is 10.9. The lowest BCUT2D eigenvalue weighted by atomic mass is 9.84. The number of nitrogens with zero attached hydrogens (tertiary/aromatic N) is 2. The Bertz CT molecular complexity index is 1410. The highest BCUT2D eigenvalue weighted by Crippen LogP contribution is 2.36. The molecule has 0 saturated carbocycles. The standard InChI is InChI=1S/C33H37ClN2O7/c1-3-40-32(38)42-22(2)41-31(37)28-7-4-8-29-27(28)14-13-26-23(15-18-35-30(26)43-29)6-5-19-36-20-16-33(39,17-21-36)24-9-11-25(34)12-10-24/h4,6-12,15,18,22,26,39H,3,5,13-14,16-17,19-21H2,1-2H3. The van der Waals surface area contributed by atoms with Gasteiger partial charge in [-0.2, -0.15) is 0 Å². The Labute approximate surface area is 256 Å². The molecule has 3 aliphatic rings. The molecule has 0 spiro atoms. The van der Waals surface area contributed by atoms with Gasteiger partial charge in [-0.25, -0.2) is 14.6 Å². The molecule has 43 heavy (non-hydrogen) atoms. The average Bonchev–Trinajstić information content (AvgIpc) is 3.18. The summed E-state index contributed by atoms with van der Waals surface area (Å²) in [6.45, 7) is 5.80. The molecule has 0 aliphatic carbocycles. The molecule has 2 aromatic carbocycles. The predicted molar refractivity (Wildman–Crippen MR) is 162 cm³/mol. The van der Waals surface area contributed by atoms with Gasteiger partial charge in [0.25, 0.3) is 0 Å². The molecule has 2 atom stereocenters. The highest BCUT2D eigenvalue weighted by molar-refractivity contribution is 6.30. The largest absolute Gasteiger partial charge is 0.511 e. The Kier molecular flexibility index (Phi) is 9.85. The van der Waals surface area contributed by atoms with Gasteiger partial charge in [-0.3, -0.25) is 0 Å².